The van der Waals surface area contributed by atoms with Crippen molar-refractivity contribution in [3.63, 3.8) is 0 Å². The summed E-state index contributed by atoms with van der Waals surface area (Å²) in [6.45, 7) is 7.78. The number of nitrogen functional groups attached to an aromatic ring is 1. The summed E-state index contributed by atoms with van der Waals surface area (Å²) in [5, 5.41) is 8.91. The van der Waals surface area contributed by atoms with E-state index in [1.54, 1.807) is 13.8 Å². The Kier molecular flexibility index (Phi) is 6.79. The van der Waals surface area contributed by atoms with Crippen LogP contribution in [0.25, 0.3) is 22.4 Å². The number of nitrogens with one attached hydrogen (secondary N) is 1. The lowest BCUT2D eigenvalue weighted by Crippen LogP contribution is -2.24. The first-order valence-electron chi connectivity index (χ1n) is 11.0. The molecule has 0 aliphatic carbocycles. The molecule has 0 fully saturated rings. The van der Waals surface area contributed by atoms with Crippen LogP contribution < -0.4 is 10.6 Å². The number of H-pyrrole nitrogens is 1. The SMILES string of the molecule is CCOC(=O)c1s/c(=N\N=C(/C)c2c(C)[nH]c(-c3ccccc3)c2-c2ccccc2)n(N)c1C. The fourth-order valence-corrected chi connectivity index (χ4v) is 4.77. The maximum absolute atomic E-state index is 12.2. The van der Waals surface area contributed by atoms with Crippen LogP contribution in [-0.2, 0) is 4.74 Å². The average Bonchev–Trinajstić information content (AvgIpc) is 3.35. The summed E-state index contributed by atoms with van der Waals surface area (Å²) in [6, 6.07) is 20.4. The van der Waals surface area contributed by atoms with Crippen molar-refractivity contribution in [1.82, 2.24) is 9.66 Å². The Morgan fingerprint density at radius 1 is 1.06 bits per heavy atom. The Morgan fingerprint density at radius 3 is 2.29 bits per heavy atom. The molecule has 8 heteroatoms. The van der Waals surface area contributed by atoms with Crippen molar-refractivity contribution in [2.75, 3.05) is 12.4 Å². The van der Waals surface area contributed by atoms with Gasteiger partial charge in [-0.3, -0.25) is 0 Å². The maximum atomic E-state index is 12.2. The van der Waals surface area contributed by atoms with Gasteiger partial charge in [0.2, 0.25) is 4.80 Å². The van der Waals surface area contributed by atoms with Crippen LogP contribution in [-0.4, -0.2) is 27.9 Å². The quantitative estimate of drug-likeness (QED) is 0.178. The number of aromatic amines is 1. The van der Waals surface area contributed by atoms with Gasteiger partial charge in [0, 0.05) is 16.8 Å². The molecule has 2 heterocycles. The number of ether oxygens (including phenoxy) is 1. The minimum atomic E-state index is -0.410. The maximum Gasteiger partial charge on any atom is 0.350 e. The molecule has 0 radical (unpaired) electrons. The van der Waals surface area contributed by atoms with Gasteiger partial charge in [0.25, 0.3) is 0 Å². The minimum Gasteiger partial charge on any atom is -0.462 e. The number of hydrogen-bond donors (Lipinski definition) is 2. The molecule has 0 saturated carbocycles. The zero-order valence-electron chi connectivity index (χ0n) is 19.6. The van der Waals surface area contributed by atoms with E-state index < -0.39 is 5.97 Å². The number of aromatic nitrogens is 2. The molecule has 34 heavy (non-hydrogen) atoms. The van der Waals surface area contributed by atoms with Crippen LogP contribution in [0.3, 0.4) is 0 Å². The van der Waals surface area contributed by atoms with E-state index in [4.69, 9.17) is 10.6 Å². The molecular weight excluding hydrogens is 446 g/mol. The van der Waals surface area contributed by atoms with Gasteiger partial charge in [0.05, 0.1) is 23.7 Å². The number of carbonyl (C=O) groups excluding carboxylic acids is 1. The number of benzene rings is 2. The number of esters is 1. The highest BCUT2D eigenvalue weighted by Crippen LogP contribution is 2.37. The summed E-state index contributed by atoms with van der Waals surface area (Å²) in [4.78, 5) is 16.6. The van der Waals surface area contributed by atoms with Crippen molar-refractivity contribution in [1.29, 1.82) is 0 Å². The number of rotatable bonds is 6. The highest BCUT2D eigenvalue weighted by Gasteiger charge is 2.20. The summed E-state index contributed by atoms with van der Waals surface area (Å²) in [6.07, 6.45) is 0. The van der Waals surface area contributed by atoms with Crippen molar-refractivity contribution < 1.29 is 9.53 Å². The number of aryl methyl sites for hydroxylation is 1. The van der Waals surface area contributed by atoms with Gasteiger partial charge in [-0.25, -0.2) is 9.47 Å². The van der Waals surface area contributed by atoms with Gasteiger partial charge >= 0.3 is 5.97 Å². The summed E-state index contributed by atoms with van der Waals surface area (Å²) in [5.74, 6) is 5.73. The highest BCUT2D eigenvalue weighted by molar-refractivity contribution is 7.11. The van der Waals surface area contributed by atoms with E-state index in [1.807, 2.05) is 50.2 Å². The second-order valence-corrected chi connectivity index (χ2v) is 8.76. The summed E-state index contributed by atoms with van der Waals surface area (Å²) in [5.41, 5.74) is 7.56. The number of nitrogens with zero attached hydrogens (tertiary/aromatic N) is 3. The second kappa shape index (κ2) is 9.93. The van der Waals surface area contributed by atoms with Crippen molar-refractivity contribution in [2.45, 2.75) is 27.7 Å². The lowest BCUT2D eigenvalue weighted by molar-refractivity contribution is 0.0530. The van der Waals surface area contributed by atoms with Crippen molar-refractivity contribution in [3.8, 4) is 22.4 Å². The van der Waals surface area contributed by atoms with Crippen LogP contribution in [0.4, 0.5) is 0 Å². The third-order valence-electron chi connectivity index (χ3n) is 5.51. The van der Waals surface area contributed by atoms with Gasteiger partial charge in [0.15, 0.2) is 0 Å². The third-order valence-corrected chi connectivity index (χ3v) is 6.64. The van der Waals surface area contributed by atoms with E-state index >= 15 is 0 Å². The zero-order valence-corrected chi connectivity index (χ0v) is 20.4. The van der Waals surface area contributed by atoms with Gasteiger partial charge in [-0.15, -0.1) is 5.10 Å². The molecule has 0 aliphatic heterocycles. The van der Waals surface area contributed by atoms with Crippen molar-refractivity contribution in [3.05, 3.63) is 87.3 Å². The standard InChI is InChI=1S/C26H27N5O2S/c1-5-33-25(32)24-18(4)31(27)26(34-24)30-29-17(3)21-16(2)28-23(20-14-10-7-11-15-20)22(21)19-12-8-6-9-13-19/h6-15,28H,5,27H2,1-4H3/b29-17+,30-26-. The summed E-state index contributed by atoms with van der Waals surface area (Å²) in [7, 11) is 0. The molecule has 2 aromatic heterocycles. The molecule has 0 saturated heterocycles. The summed E-state index contributed by atoms with van der Waals surface area (Å²) >= 11 is 1.16. The van der Waals surface area contributed by atoms with Crippen LogP contribution in [0.5, 0.6) is 0 Å². The molecule has 174 valence electrons. The monoisotopic (exact) mass is 473 g/mol. The molecule has 2 aromatic carbocycles. The molecular formula is C26H27N5O2S. The largest absolute Gasteiger partial charge is 0.462 e. The molecule has 4 aromatic rings. The predicted octanol–water partition coefficient (Wildman–Crippen LogP) is 5.04. The number of carbonyl (C=O) groups is 1. The molecule has 0 spiro atoms. The van der Waals surface area contributed by atoms with E-state index in [2.05, 4.69) is 39.5 Å². The lowest BCUT2D eigenvalue weighted by Gasteiger charge is -2.08. The van der Waals surface area contributed by atoms with Crippen molar-refractivity contribution in [2.24, 2.45) is 10.2 Å². The van der Waals surface area contributed by atoms with Crippen LogP contribution >= 0.6 is 11.3 Å². The normalized spacial score (nSPS) is 12.2. The van der Waals surface area contributed by atoms with E-state index in [0.29, 0.717) is 22.0 Å². The Balaban J connectivity index is 1.85. The molecule has 7 nitrogen and oxygen atoms in total. The average molecular weight is 474 g/mol. The number of hydrogen-bond acceptors (Lipinski definition) is 6. The lowest BCUT2D eigenvalue weighted by atomic mass is 9.95. The van der Waals surface area contributed by atoms with E-state index in [9.17, 15) is 4.79 Å². The topological polar surface area (TPSA) is 97.8 Å². The number of nitrogens with two attached hydrogens (primary N) is 1. The van der Waals surface area contributed by atoms with E-state index in [0.717, 1.165) is 50.7 Å². The van der Waals surface area contributed by atoms with Gasteiger partial charge in [-0.2, -0.15) is 5.10 Å². The van der Waals surface area contributed by atoms with Crippen LogP contribution in [0.1, 0.15) is 40.5 Å². The Morgan fingerprint density at radius 2 is 1.68 bits per heavy atom. The molecule has 0 amide bonds. The van der Waals surface area contributed by atoms with E-state index in [-0.39, 0.29) is 0 Å². The summed E-state index contributed by atoms with van der Waals surface area (Å²) < 4.78 is 6.48. The highest BCUT2D eigenvalue weighted by atomic mass is 32.1. The molecule has 0 atom stereocenters. The smallest absolute Gasteiger partial charge is 0.350 e. The van der Waals surface area contributed by atoms with Gasteiger partial charge in [-0.05, 0) is 38.8 Å². The fraction of sp³-hybridized carbons (Fsp3) is 0.192. The van der Waals surface area contributed by atoms with Gasteiger partial charge in [0.1, 0.15) is 4.88 Å². The second-order valence-electron chi connectivity index (χ2n) is 7.78. The first kappa shape index (κ1) is 23.3. The molecule has 0 unspecified atom stereocenters. The Hall–Kier alpha value is -3.91. The van der Waals surface area contributed by atoms with Crippen molar-refractivity contribution >= 4 is 23.0 Å². The van der Waals surface area contributed by atoms with Crippen LogP contribution in [0, 0.1) is 13.8 Å². The zero-order chi connectivity index (χ0) is 24.2. The number of thiazole rings is 1. The molecule has 4 rings (SSSR count). The molecule has 0 aliphatic rings. The first-order valence-corrected chi connectivity index (χ1v) is 11.8. The Bertz CT molecular complexity index is 1410. The van der Waals surface area contributed by atoms with Crippen LogP contribution in [0.15, 0.2) is 70.9 Å². The molecule has 3 N–H and O–H groups in total. The Labute approximate surface area is 202 Å². The van der Waals surface area contributed by atoms with Crippen LogP contribution in [0.2, 0.25) is 0 Å². The van der Waals surface area contributed by atoms with E-state index in [1.165, 1.54) is 4.68 Å². The first-order chi connectivity index (χ1) is 16.4. The van der Waals surface area contributed by atoms with Gasteiger partial charge in [-0.1, -0.05) is 72.0 Å². The third kappa shape index (κ3) is 4.45. The van der Waals surface area contributed by atoms with Gasteiger partial charge < -0.3 is 15.6 Å². The minimum absolute atomic E-state index is 0.295. The fourth-order valence-electron chi connectivity index (χ4n) is 3.88. The molecule has 0 bridgehead atoms. The predicted molar refractivity (Wildman–Crippen MR) is 137 cm³/mol.